The second-order valence-corrected chi connectivity index (χ2v) is 6.58. The predicted octanol–water partition coefficient (Wildman–Crippen LogP) is 4.47. The third-order valence-corrected chi connectivity index (χ3v) is 4.61. The Morgan fingerprint density at radius 3 is 2.81 bits per heavy atom. The Hall–Kier alpha value is -2.67. The molecular weight excluding hydrogens is 355 g/mol. The highest BCUT2D eigenvalue weighted by Crippen LogP contribution is 2.31. The van der Waals surface area contributed by atoms with Crippen molar-refractivity contribution in [1.29, 1.82) is 0 Å². The summed E-state index contributed by atoms with van der Waals surface area (Å²) >= 11 is 0.867. The lowest BCUT2D eigenvalue weighted by molar-refractivity contribution is 0.0959. The Morgan fingerprint density at radius 1 is 1.27 bits per heavy atom. The fraction of sp³-hybridized carbons (Fsp3) is 0.211. The number of nitrogens with zero attached hydrogens (tertiary/aromatic N) is 1. The number of fused-ring (bicyclic) bond motifs is 1. The van der Waals surface area contributed by atoms with Crippen LogP contribution in [0.25, 0.3) is 11.0 Å². The third kappa shape index (κ3) is 3.77. The van der Waals surface area contributed by atoms with Gasteiger partial charge in [-0.05, 0) is 49.2 Å². The van der Waals surface area contributed by atoms with E-state index in [0.717, 1.165) is 23.0 Å². The summed E-state index contributed by atoms with van der Waals surface area (Å²) in [6.45, 7) is 2.22. The zero-order valence-electron chi connectivity index (χ0n) is 14.7. The molecule has 1 heterocycles. The molecule has 1 aromatic heterocycles. The molecule has 5 nitrogen and oxygen atoms in total. The number of hydrogen-bond donors (Lipinski definition) is 1. The van der Waals surface area contributed by atoms with E-state index in [0.29, 0.717) is 17.9 Å². The standard InChI is InChI=1S/C19H19FN2O3S/c1-4-24-15-7-5-6-14(20)18(15)26-21-19(23)17-10-12-8-9-13(22(2)3)11-16(12)25-17/h5-11H,4H2,1-3H3,(H,21,23). The number of nitrogens with one attached hydrogen (secondary N) is 1. The Balaban J connectivity index is 1.78. The molecule has 3 rings (SSSR count). The van der Waals surface area contributed by atoms with Gasteiger partial charge in [-0.1, -0.05) is 6.07 Å². The first-order valence-electron chi connectivity index (χ1n) is 8.09. The molecule has 0 spiro atoms. The summed E-state index contributed by atoms with van der Waals surface area (Å²) in [6.07, 6.45) is 0. The molecule has 0 aliphatic heterocycles. The van der Waals surface area contributed by atoms with E-state index in [-0.39, 0.29) is 10.7 Å². The van der Waals surface area contributed by atoms with Crippen LogP contribution in [-0.4, -0.2) is 26.6 Å². The van der Waals surface area contributed by atoms with E-state index >= 15 is 0 Å². The molecule has 26 heavy (non-hydrogen) atoms. The van der Waals surface area contributed by atoms with Crippen LogP contribution in [0.3, 0.4) is 0 Å². The van der Waals surface area contributed by atoms with Gasteiger partial charge in [-0.2, -0.15) is 0 Å². The number of benzene rings is 2. The monoisotopic (exact) mass is 374 g/mol. The van der Waals surface area contributed by atoms with Crippen LogP contribution >= 0.6 is 11.9 Å². The van der Waals surface area contributed by atoms with Gasteiger partial charge in [-0.3, -0.25) is 9.52 Å². The van der Waals surface area contributed by atoms with Crippen molar-refractivity contribution in [1.82, 2.24) is 4.72 Å². The lowest BCUT2D eigenvalue weighted by Crippen LogP contribution is -2.15. The van der Waals surface area contributed by atoms with Crippen molar-refractivity contribution < 1.29 is 18.3 Å². The lowest BCUT2D eigenvalue weighted by Gasteiger charge is -2.11. The minimum atomic E-state index is -0.457. The Labute approximate surface area is 155 Å². The maximum absolute atomic E-state index is 14.0. The van der Waals surface area contributed by atoms with Gasteiger partial charge in [0.2, 0.25) is 0 Å². The van der Waals surface area contributed by atoms with Gasteiger partial charge in [0.05, 0.1) is 6.61 Å². The van der Waals surface area contributed by atoms with E-state index in [1.54, 1.807) is 18.2 Å². The number of carbonyl (C=O) groups excluding carboxylic acids is 1. The average Bonchev–Trinajstić information content (AvgIpc) is 3.04. The molecule has 0 bridgehead atoms. The first-order valence-corrected chi connectivity index (χ1v) is 8.90. The lowest BCUT2D eigenvalue weighted by atomic mass is 10.2. The van der Waals surface area contributed by atoms with Gasteiger partial charge in [0.1, 0.15) is 22.0 Å². The van der Waals surface area contributed by atoms with Crippen molar-refractivity contribution in [3.63, 3.8) is 0 Å². The summed E-state index contributed by atoms with van der Waals surface area (Å²) in [4.78, 5) is 14.6. The van der Waals surface area contributed by atoms with Crippen molar-refractivity contribution in [3.8, 4) is 5.75 Å². The molecule has 0 atom stereocenters. The van der Waals surface area contributed by atoms with Crippen LogP contribution < -0.4 is 14.4 Å². The number of furan rings is 1. The number of hydrogen-bond acceptors (Lipinski definition) is 5. The van der Waals surface area contributed by atoms with Gasteiger partial charge >= 0.3 is 0 Å². The Bertz CT molecular complexity index is 940. The number of halogens is 1. The van der Waals surface area contributed by atoms with E-state index in [1.807, 2.05) is 44.1 Å². The van der Waals surface area contributed by atoms with Crippen molar-refractivity contribution in [2.45, 2.75) is 11.8 Å². The first-order chi connectivity index (χ1) is 12.5. The molecule has 0 saturated heterocycles. The summed E-state index contributed by atoms with van der Waals surface area (Å²) < 4.78 is 27.7. The molecule has 0 radical (unpaired) electrons. The van der Waals surface area contributed by atoms with Crippen molar-refractivity contribution >= 4 is 34.5 Å². The van der Waals surface area contributed by atoms with Crippen molar-refractivity contribution in [2.75, 3.05) is 25.6 Å². The van der Waals surface area contributed by atoms with Crippen molar-refractivity contribution in [3.05, 3.63) is 54.0 Å². The molecule has 136 valence electrons. The van der Waals surface area contributed by atoms with Gasteiger partial charge in [0.15, 0.2) is 5.76 Å². The number of amides is 1. The van der Waals surface area contributed by atoms with E-state index in [9.17, 15) is 9.18 Å². The highest BCUT2D eigenvalue weighted by atomic mass is 32.2. The molecular formula is C19H19FN2O3S. The average molecular weight is 374 g/mol. The van der Waals surface area contributed by atoms with Gasteiger partial charge in [0.25, 0.3) is 5.91 Å². The highest BCUT2D eigenvalue weighted by Gasteiger charge is 2.16. The topological polar surface area (TPSA) is 54.7 Å². The fourth-order valence-corrected chi connectivity index (χ4v) is 3.10. The normalized spacial score (nSPS) is 10.8. The second-order valence-electron chi connectivity index (χ2n) is 5.76. The van der Waals surface area contributed by atoms with Crippen LogP contribution in [0, 0.1) is 5.82 Å². The molecule has 1 N–H and O–H groups in total. The van der Waals surface area contributed by atoms with E-state index in [2.05, 4.69) is 4.72 Å². The molecule has 7 heteroatoms. The molecule has 2 aromatic carbocycles. The fourth-order valence-electron chi connectivity index (χ4n) is 2.41. The van der Waals surface area contributed by atoms with Gasteiger partial charge in [-0.25, -0.2) is 4.39 Å². The SMILES string of the molecule is CCOc1cccc(F)c1SNC(=O)c1cc2ccc(N(C)C)cc2o1. The van der Waals surface area contributed by atoms with Gasteiger partial charge in [-0.15, -0.1) is 0 Å². The Kier molecular flexibility index (Phi) is 5.37. The summed E-state index contributed by atoms with van der Waals surface area (Å²) in [6, 6.07) is 11.9. The zero-order valence-corrected chi connectivity index (χ0v) is 15.5. The van der Waals surface area contributed by atoms with Crippen LogP contribution in [0.15, 0.2) is 51.8 Å². The molecule has 0 aliphatic carbocycles. The Morgan fingerprint density at radius 2 is 2.08 bits per heavy atom. The predicted molar refractivity (Wildman–Crippen MR) is 101 cm³/mol. The number of ether oxygens (including phenoxy) is 1. The second kappa shape index (κ2) is 7.70. The molecule has 3 aromatic rings. The van der Waals surface area contributed by atoms with E-state index < -0.39 is 11.7 Å². The minimum Gasteiger partial charge on any atom is -0.493 e. The maximum atomic E-state index is 14.0. The summed E-state index contributed by atoms with van der Waals surface area (Å²) in [5.74, 6) is -0.347. The largest absolute Gasteiger partial charge is 0.493 e. The molecule has 1 amide bonds. The van der Waals surface area contributed by atoms with Crippen LogP contribution in [0.4, 0.5) is 10.1 Å². The van der Waals surface area contributed by atoms with E-state index in [4.69, 9.17) is 9.15 Å². The van der Waals surface area contributed by atoms with Gasteiger partial charge in [0, 0.05) is 31.2 Å². The van der Waals surface area contributed by atoms with Crippen molar-refractivity contribution in [2.24, 2.45) is 0 Å². The summed E-state index contributed by atoms with van der Waals surface area (Å²) in [5, 5.41) is 0.826. The summed E-state index contributed by atoms with van der Waals surface area (Å²) in [5.41, 5.74) is 1.59. The zero-order chi connectivity index (χ0) is 18.7. The minimum absolute atomic E-state index is 0.165. The van der Waals surface area contributed by atoms with Crippen LogP contribution in [-0.2, 0) is 0 Å². The molecule has 0 saturated carbocycles. The molecule has 0 aliphatic rings. The third-order valence-electron chi connectivity index (χ3n) is 3.72. The maximum Gasteiger partial charge on any atom is 0.297 e. The number of anilines is 1. The van der Waals surface area contributed by atoms with Crippen LogP contribution in [0.2, 0.25) is 0 Å². The van der Waals surface area contributed by atoms with E-state index in [1.165, 1.54) is 6.07 Å². The van der Waals surface area contributed by atoms with Gasteiger partial charge < -0.3 is 14.1 Å². The highest BCUT2D eigenvalue weighted by molar-refractivity contribution is 7.98. The molecule has 0 fully saturated rings. The smallest absolute Gasteiger partial charge is 0.297 e. The van der Waals surface area contributed by atoms with Crippen LogP contribution in [0.1, 0.15) is 17.5 Å². The number of carbonyl (C=O) groups is 1. The summed E-state index contributed by atoms with van der Waals surface area (Å²) in [7, 11) is 3.86. The molecule has 0 unspecified atom stereocenters. The van der Waals surface area contributed by atoms with Crippen LogP contribution in [0.5, 0.6) is 5.75 Å². The quantitative estimate of drug-likeness (QED) is 0.645. The first kappa shape index (κ1) is 18.1. The number of rotatable bonds is 6.